The van der Waals surface area contributed by atoms with Gasteiger partial charge >= 0.3 is 0 Å². The van der Waals surface area contributed by atoms with Gasteiger partial charge in [0.2, 0.25) is 5.91 Å². The van der Waals surface area contributed by atoms with Crippen LogP contribution >= 0.6 is 0 Å². The van der Waals surface area contributed by atoms with Crippen molar-refractivity contribution in [2.45, 2.75) is 52.1 Å². The molecule has 0 aromatic carbocycles. The molecule has 5 nitrogen and oxygen atoms in total. The normalized spacial score (nSPS) is 22.8. The zero-order valence-electron chi connectivity index (χ0n) is 12.7. The first kappa shape index (κ1) is 15.0. The molecule has 1 aromatic rings. The van der Waals surface area contributed by atoms with E-state index in [1.165, 1.54) is 0 Å². The minimum absolute atomic E-state index is 0.233. The lowest BCUT2D eigenvalue weighted by Gasteiger charge is -2.22. The molecule has 0 bridgehead atoms. The van der Waals surface area contributed by atoms with Gasteiger partial charge in [-0.15, -0.1) is 0 Å². The summed E-state index contributed by atoms with van der Waals surface area (Å²) >= 11 is 0. The van der Waals surface area contributed by atoms with E-state index in [9.17, 15) is 4.79 Å². The quantitative estimate of drug-likeness (QED) is 0.889. The fraction of sp³-hybridized carbons (Fsp3) is 0.733. The van der Waals surface area contributed by atoms with Crippen LogP contribution in [0.1, 0.15) is 45.4 Å². The predicted octanol–water partition coefficient (Wildman–Crippen LogP) is 1.59. The molecule has 20 heavy (non-hydrogen) atoms. The standard InChI is InChI=1S/C15H26N4O/c1-11(2)15-17-5-7-18(15)6-4-14(20)19-10-13(9-16)8-12(19)3/h5,7,11-13H,4,6,8-10,16H2,1-3H3. The van der Waals surface area contributed by atoms with E-state index in [-0.39, 0.29) is 5.91 Å². The van der Waals surface area contributed by atoms with Gasteiger partial charge in [0.25, 0.3) is 0 Å². The lowest BCUT2D eigenvalue weighted by atomic mass is 10.1. The Morgan fingerprint density at radius 2 is 2.30 bits per heavy atom. The molecule has 0 saturated carbocycles. The summed E-state index contributed by atoms with van der Waals surface area (Å²) in [6.45, 7) is 8.56. The zero-order chi connectivity index (χ0) is 14.7. The smallest absolute Gasteiger partial charge is 0.224 e. The summed E-state index contributed by atoms with van der Waals surface area (Å²) < 4.78 is 2.09. The van der Waals surface area contributed by atoms with Crippen molar-refractivity contribution < 1.29 is 4.79 Å². The minimum atomic E-state index is 0.233. The number of rotatable bonds is 5. The van der Waals surface area contributed by atoms with E-state index in [1.807, 2.05) is 17.3 Å². The van der Waals surface area contributed by atoms with E-state index >= 15 is 0 Å². The molecule has 1 aliphatic rings. The topological polar surface area (TPSA) is 64.2 Å². The van der Waals surface area contributed by atoms with Crippen LogP contribution in [0.2, 0.25) is 0 Å². The minimum Gasteiger partial charge on any atom is -0.340 e. The SMILES string of the molecule is CC(C)c1nccn1CCC(=O)N1CC(CN)CC1C. The molecule has 112 valence electrons. The van der Waals surface area contributed by atoms with Crippen molar-refractivity contribution in [1.82, 2.24) is 14.5 Å². The summed E-state index contributed by atoms with van der Waals surface area (Å²) in [5, 5.41) is 0. The van der Waals surface area contributed by atoms with Gasteiger partial charge in [-0.2, -0.15) is 0 Å². The van der Waals surface area contributed by atoms with Gasteiger partial charge in [0.05, 0.1) is 0 Å². The second-order valence-corrected chi connectivity index (χ2v) is 6.12. The average Bonchev–Trinajstić information content (AvgIpc) is 3.02. The number of hydrogen-bond acceptors (Lipinski definition) is 3. The van der Waals surface area contributed by atoms with Crippen molar-refractivity contribution in [3.05, 3.63) is 18.2 Å². The Kier molecular flexibility index (Phi) is 4.81. The molecule has 2 atom stereocenters. The summed E-state index contributed by atoms with van der Waals surface area (Å²) in [6.07, 6.45) is 5.34. The number of hydrogen-bond donors (Lipinski definition) is 1. The van der Waals surface area contributed by atoms with E-state index in [2.05, 4.69) is 30.3 Å². The van der Waals surface area contributed by atoms with Gasteiger partial charge in [0.15, 0.2) is 0 Å². The zero-order valence-corrected chi connectivity index (χ0v) is 12.7. The first-order valence-corrected chi connectivity index (χ1v) is 7.53. The molecule has 5 heteroatoms. The third-order valence-electron chi connectivity index (χ3n) is 4.15. The van der Waals surface area contributed by atoms with Gasteiger partial charge < -0.3 is 15.2 Å². The summed E-state index contributed by atoms with van der Waals surface area (Å²) in [6, 6.07) is 0.323. The first-order valence-electron chi connectivity index (χ1n) is 7.53. The maximum Gasteiger partial charge on any atom is 0.224 e. The molecule has 0 aliphatic carbocycles. The Morgan fingerprint density at radius 3 is 2.90 bits per heavy atom. The Morgan fingerprint density at radius 1 is 1.55 bits per heavy atom. The van der Waals surface area contributed by atoms with Crippen LogP contribution in [0.15, 0.2) is 12.4 Å². The molecule has 1 saturated heterocycles. The predicted molar refractivity (Wildman–Crippen MR) is 79.3 cm³/mol. The van der Waals surface area contributed by atoms with Crippen molar-refractivity contribution in [1.29, 1.82) is 0 Å². The number of amides is 1. The Balaban J connectivity index is 1.91. The molecule has 2 rings (SSSR count). The molecular weight excluding hydrogens is 252 g/mol. The summed E-state index contributed by atoms with van der Waals surface area (Å²) in [4.78, 5) is 18.7. The Bertz CT molecular complexity index is 454. The van der Waals surface area contributed by atoms with Crippen molar-refractivity contribution in [3.8, 4) is 0 Å². The van der Waals surface area contributed by atoms with E-state index in [0.717, 1.165) is 18.8 Å². The number of carbonyl (C=O) groups excluding carboxylic acids is 1. The Hall–Kier alpha value is -1.36. The molecule has 0 radical (unpaired) electrons. The van der Waals surface area contributed by atoms with E-state index in [1.54, 1.807) is 0 Å². The van der Waals surface area contributed by atoms with Crippen molar-refractivity contribution >= 4 is 5.91 Å². The van der Waals surface area contributed by atoms with Gasteiger partial charge in [-0.05, 0) is 25.8 Å². The van der Waals surface area contributed by atoms with Crippen molar-refractivity contribution in [2.24, 2.45) is 11.7 Å². The molecule has 1 amide bonds. The van der Waals surface area contributed by atoms with Crippen LogP contribution in [0.5, 0.6) is 0 Å². The number of carbonyl (C=O) groups is 1. The number of likely N-dealkylation sites (tertiary alicyclic amines) is 1. The molecule has 1 fully saturated rings. The summed E-state index contributed by atoms with van der Waals surface area (Å²) in [7, 11) is 0. The molecule has 2 heterocycles. The van der Waals surface area contributed by atoms with E-state index < -0.39 is 0 Å². The van der Waals surface area contributed by atoms with Gasteiger partial charge in [-0.25, -0.2) is 4.98 Å². The largest absolute Gasteiger partial charge is 0.340 e. The highest BCUT2D eigenvalue weighted by atomic mass is 16.2. The van der Waals surface area contributed by atoms with Crippen LogP contribution in [0.25, 0.3) is 0 Å². The van der Waals surface area contributed by atoms with Crippen LogP contribution in [0.3, 0.4) is 0 Å². The fourth-order valence-corrected chi connectivity index (χ4v) is 3.03. The third kappa shape index (κ3) is 3.20. The van der Waals surface area contributed by atoms with E-state index in [0.29, 0.717) is 37.4 Å². The maximum atomic E-state index is 12.3. The van der Waals surface area contributed by atoms with Gasteiger partial charge in [0.1, 0.15) is 5.82 Å². The number of nitrogens with zero attached hydrogens (tertiary/aromatic N) is 3. The summed E-state index contributed by atoms with van der Waals surface area (Å²) in [5.41, 5.74) is 5.71. The highest BCUT2D eigenvalue weighted by Crippen LogP contribution is 2.23. The van der Waals surface area contributed by atoms with Crippen LogP contribution in [-0.4, -0.2) is 39.5 Å². The fourth-order valence-electron chi connectivity index (χ4n) is 3.03. The van der Waals surface area contributed by atoms with Crippen LogP contribution in [0.4, 0.5) is 0 Å². The van der Waals surface area contributed by atoms with Gasteiger partial charge in [0, 0.05) is 43.9 Å². The first-order chi connectivity index (χ1) is 9.52. The molecular formula is C15H26N4O. The highest BCUT2D eigenvalue weighted by Gasteiger charge is 2.31. The van der Waals surface area contributed by atoms with E-state index in [4.69, 9.17) is 5.73 Å². The van der Waals surface area contributed by atoms with Crippen LogP contribution in [0, 0.1) is 5.92 Å². The van der Waals surface area contributed by atoms with Crippen LogP contribution < -0.4 is 5.73 Å². The lowest BCUT2D eigenvalue weighted by Crippen LogP contribution is -2.35. The van der Waals surface area contributed by atoms with Crippen LogP contribution in [-0.2, 0) is 11.3 Å². The lowest BCUT2D eigenvalue weighted by molar-refractivity contribution is -0.132. The third-order valence-corrected chi connectivity index (χ3v) is 4.15. The van der Waals surface area contributed by atoms with Crippen molar-refractivity contribution in [2.75, 3.05) is 13.1 Å². The second-order valence-electron chi connectivity index (χ2n) is 6.12. The average molecular weight is 278 g/mol. The van der Waals surface area contributed by atoms with Crippen molar-refractivity contribution in [3.63, 3.8) is 0 Å². The number of aryl methyl sites for hydroxylation is 1. The molecule has 2 N–H and O–H groups in total. The monoisotopic (exact) mass is 278 g/mol. The summed E-state index contributed by atoms with van der Waals surface area (Å²) in [5.74, 6) is 2.13. The molecule has 2 unspecified atom stereocenters. The molecule has 0 spiro atoms. The van der Waals surface area contributed by atoms with Gasteiger partial charge in [-0.1, -0.05) is 13.8 Å². The number of aromatic nitrogens is 2. The second kappa shape index (κ2) is 6.39. The molecule has 1 aliphatic heterocycles. The highest BCUT2D eigenvalue weighted by molar-refractivity contribution is 5.76. The Labute approximate surface area is 121 Å². The molecule has 1 aromatic heterocycles. The van der Waals surface area contributed by atoms with Gasteiger partial charge in [-0.3, -0.25) is 4.79 Å². The maximum absolute atomic E-state index is 12.3. The number of imidazole rings is 1. The number of nitrogens with two attached hydrogens (primary N) is 1.